The normalized spacial score (nSPS) is 10.4. The molecule has 92 valence electrons. The van der Waals surface area contributed by atoms with Crippen molar-refractivity contribution in [1.82, 2.24) is 0 Å². The topological polar surface area (TPSA) is 43.1 Å². The van der Waals surface area contributed by atoms with E-state index in [0.29, 0.717) is 16.8 Å². The summed E-state index contributed by atoms with van der Waals surface area (Å²) in [6.07, 6.45) is 0. The summed E-state index contributed by atoms with van der Waals surface area (Å²) in [5.41, 5.74) is 7.62. The number of halogens is 2. The third kappa shape index (κ3) is 2.43. The standard InChI is InChI=1S/C14H11BrFNO/c1-8-2-4-10(16)7-12(8)14(18)11-5-3-9(15)6-13(11)17/h2-7H,17H2,1H3. The number of nitrogen functional groups attached to an aromatic ring is 1. The van der Waals surface area contributed by atoms with Crippen LogP contribution in [-0.4, -0.2) is 5.78 Å². The lowest BCUT2D eigenvalue weighted by molar-refractivity contribution is 0.103. The van der Waals surface area contributed by atoms with Crippen LogP contribution in [0.3, 0.4) is 0 Å². The first-order valence-electron chi connectivity index (χ1n) is 5.35. The van der Waals surface area contributed by atoms with Crippen LogP contribution >= 0.6 is 15.9 Å². The molecule has 0 aliphatic carbocycles. The third-order valence-corrected chi connectivity index (χ3v) is 3.20. The highest BCUT2D eigenvalue weighted by Crippen LogP contribution is 2.23. The van der Waals surface area contributed by atoms with Crippen LogP contribution in [0, 0.1) is 12.7 Å². The second-order valence-electron chi connectivity index (χ2n) is 4.02. The van der Waals surface area contributed by atoms with E-state index in [9.17, 15) is 9.18 Å². The molecule has 2 aromatic carbocycles. The van der Waals surface area contributed by atoms with Crippen LogP contribution in [0.2, 0.25) is 0 Å². The van der Waals surface area contributed by atoms with Gasteiger partial charge in [0.2, 0.25) is 0 Å². The highest BCUT2D eigenvalue weighted by atomic mass is 79.9. The zero-order valence-corrected chi connectivity index (χ0v) is 11.3. The fourth-order valence-electron chi connectivity index (χ4n) is 1.72. The lowest BCUT2D eigenvalue weighted by Gasteiger charge is -2.08. The summed E-state index contributed by atoms with van der Waals surface area (Å²) in [6, 6.07) is 9.17. The largest absolute Gasteiger partial charge is 0.398 e. The Bertz CT molecular complexity index is 625. The van der Waals surface area contributed by atoms with Gasteiger partial charge in [0.05, 0.1) is 0 Å². The van der Waals surface area contributed by atoms with Gasteiger partial charge in [-0.25, -0.2) is 4.39 Å². The molecule has 0 heterocycles. The zero-order valence-electron chi connectivity index (χ0n) is 9.71. The molecular weight excluding hydrogens is 297 g/mol. The number of hydrogen-bond acceptors (Lipinski definition) is 2. The van der Waals surface area contributed by atoms with Gasteiger partial charge in [0.15, 0.2) is 5.78 Å². The molecule has 2 nitrogen and oxygen atoms in total. The van der Waals surface area contributed by atoms with Gasteiger partial charge < -0.3 is 5.73 Å². The Morgan fingerprint density at radius 3 is 2.56 bits per heavy atom. The van der Waals surface area contributed by atoms with E-state index in [1.807, 2.05) is 0 Å². The van der Waals surface area contributed by atoms with Gasteiger partial charge >= 0.3 is 0 Å². The number of hydrogen-bond donors (Lipinski definition) is 1. The number of aryl methyl sites for hydroxylation is 1. The van der Waals surface area contributed by atoms with Gasteiger partial charge in [-0.1, -0.05) is 22.0 Å². The van der Waals surface area contributed by atoms with E-state index in [-0.39, 0.29) is 5.78 Å². The van der Waals surface area contributed by atoms with Gasteiger partial charge in [0, 0.05) is 21.3 Å². The first-order valence-corrected chi connectivity index (χ1v) is 6.14. The van der Waals surface area contributed by atoms with Crippen molar-refractivity contribution in [3.63, 3.8) is 0 Å². The van der Waals surface area contributed by atoms with Gasteiger partial charge in [0.25, 0.3) is 0 Å². The maximum absolute atomic E-state index is 13.2. The smallest absolute Gasteiger partial charge is 0.195 e. The average Bonchev–Trinajstić information content (AvgIpc) is 2.31. The second-order valence-corrected chi connectivity index (χ2v) is 4.94. The van der Waals surface area contributed by atoms with Crippen LogP contribution in [0.1, 0.15) is 21.5 Å². The number of anilines is 1. The third-order valence-electron chi connectivity index (χ3n) is 2.70. The summed E-state index contributed by atoms with van der Waals surface area (Å²) in [6.45, 7) is 1.77. The Kier molecular flexibility index (Phi) is 3.48. The number of ketones is 1. The molecule has 4 heteroatoms. The highest BCUT2D eigenvalue weighted by Gasteiger charge is 2.15. The lowest BCUT2D eigenvalue weighted by atomic mass is 9.98. The molecule has 2 N–H and O–H groups in total. The maximum Gasteiger partial charge on any atom is 0.195 e. The van der Waals surface area contributed by atoms with Crippen LogP contribution in [-0.2, 0) is 0 Å². The Morgan fingerprint density at radius 2 is 1.89 bits per heavy atom. The molecule has 0 radical (unpaired) electrons. The molecule has 0 spiro atoms. The van der Waals surface area contributed by atoms with E-state index in [1.165, 1.54) is 12.1 Å². The number of carbonyl (C=O) groups excluding carboxylic acids is 1. The summed E-state index contributed by atoms with van der Waals surface area (Å²) in [5, 5.41) is 0. The zero-order chi connectivity index (χ0) is 13.3. The van der Waals surface area contributed by atoms with E-state index in [0.717, 1.165) is 10.0 Å². The Morgan fingerprint density at radius 1 is 1.17 bits per heavy atom. The molecule has 0 unspecified atom stereocenters. The van der Waals surface area contributed by atoms with Crippen LogP contribution in [0.25, 0.3) is 0 Å². The molecule has 0 atom stereocenters. The van der Waals surface area contributed by atoms with E-state index in [4.69, 9.17) is 5.73 Å². The molecule has 0 saturated heterocycles. The minimum Gasteiger partial charge on any atom is -0.398 e. The van der Waals surface area contributed by atoms with Crippen LogP contribution in [0.4, 0.5) is 10.1 Å². The summed E-state index contributed by atoms with van der Waals surface area (Å²) >= 11 is 3.28. The molecule has 0 amide bonds. The molecule has 18 heavy (non-hydrogen) atoms. The molecular formula is C14H11BrFNO. The van der Waals surface area contributed by atoms with Crippen LogP contribution < -0.4 is 5.73 Å². The molecule has 0 aliphatic rings. The highest BCUT2D eigenvalue weighted by molar-refractivity contribution is 9.10. The SMILES string of the molecule is Cc1ccc(F)cc1C(=O)c1ccc(Br)cc1N. The first-order chi connectivity index (χ1) is 8.49. The van der Waals surface area contributed by atoms with Crippen molar-refractivity contribution in [2.75, 3.05) is 5.73 Å². The molecule has 0 fully saturated rings. The summed E-state index contributed by atoms with van der Waals surface area (Å²) < 4.78 is 14.0. The molecule has 0 aromatic heterocycles. The van der Waals surface area contributed by atoms with Crippen LogP contribution in [0.5, 0.6) is 0 Å². The number of nitrogens with two attached hydrogens (primary N) is 1. The fourth-order valence-corrected chi connectivity index (χ4v) is 2.10. The van der Waals surface area contributed by atoms with E-state index >= 15 is 0 Å². The molecule has 0 bridgehead atoms. The van der Waals surface area contributed by atoms with Crippen molar-refractivity contribution in [2.45, 2.75) is 6.92 Å². The van der Waals surface area contributed by atoms with E-state index in [1.54, 1.807) is 31.2 Å². The van der Waals surface area contributed by atoms with Gasteiger partial charge in [-0.15, -0.1) is 0 Å². The molecule has 0 aliphatic heterocycles. The van der Waals surface area contributed by atoms with Crippen LogP contribution in [0.15, 0.2) is 40.9 Å². The molecule has 2 aromatic rings. The van der Waals surface area contributed by atoms with Crippen molar-refractivity contribution in [3.8, 4) is 0 Å². The van der Waals surface area contributed by atoms with Gasteiger partial charge in [-0.05, 0) is 42.8 Å². The van der Waals surface area contributed by atoms with Crippen molar-refractivity contribution in [1.29, 1.82) is 0 Å². The Balaban J connectivity index is 2.51. The van der Waals surface area contributed by atoms with Crippen molar-refractivity contribution >= 4 is 27.4 Å². The number of carbonyl (C=O) groups is 1. The number of rotatable bonds is 2. The number of benzene rings is 2. The van der Waals surface area contributed by atoms with Gasteiger partial charge in [-0.2, -0.15) is 0 Å². The Labute approximate surface area is 113 Å². The maximum atomic E-state index is 13.2. The minimum absolute atomic E-state index is 0.267. The van der Waals surface area contributed by atoms with Gasteiger partial charge in [0.1, 0.15) is 5.82 Å². The predicted octanol–water partition coefficient (Wildman–Crippen LogP) is 3.71. The van der Waals surface area contributed by atoms with Gasteiger partial charge in [-0.3, -0.25) is 4.79 Å². The first kappa shape index (κ1) is 12.8. The fraction of sp³-hybridized carbons (Fsp3) is 0.0714. The monoisotopic (exact) mass is 307 g/mol. The van der Waals surface area contributed by atoms with E-state index < -0.39 is 5.82 Å². The molecule has 0 saturated carbocycles. The molecule has 2 rings (SSSR count). The van der Waals surface area contributed by atoms with Crippen molar-refractivity contribution in [2.24, 2.45) is 0 Å². The van der Waals surface area contributed by atoms with Crippen molar-refractivity contribution < 1.29 is 9.18 Å². The summed E-state index contributed by atoms with van der Waals surface area (Å²) in [7, 11) is 0. The van der Waals surface area contributed by atoms with E-state index in [2.05, 4.69) is 15.9 Å². The average molecular weight is 308 g/mol. The predicted molar refractivity (Wildman–Crippen MR) is 73.1 cm³/mol. The summed E-state index contributed by atoms with van der Waals surface area (Å²) in [4.78, 5) is 12.3. The lowest BCUT2D eigenvalue weighted by Crippen LogP contribution is -2.07. The summed E-state index contributed by atoms with van der Waals surface area (Å²) in [5.74, 6) is -0.698. The van der Waals surface area contributed by atoms with Crippen molar-refractivity contribution in [3.05, 3.63) is 63.4 Å². The Hall–Kier alpha value is -1.68. The second kappa shape index (κ2) is 4.90. The quantitative estimate of drug-likeness (QED) is 0.679. The minimum atomic E-state index is -0.431.